The van der Waals surface area contributed by atoms with Crippen LogP contribution in [0.2, 0.25) is 0 Å². The highest BCUT2D eigenvalue weighted by atomic mass is 16.5. The minimum atomic E-state index is -0.164. The summed E-state index contributed by atoms with van der Waals surface area (Å²) in [7, 11) is 0. The lowest BCUT2D eigenvalue weighted by Crippen LogP contribution is -2.19. The molecule has 1 N–H and O–H groups in total. The molecule has 0 radical (unpaired) electrons. The first kappa shape index (κ1) is 12.9. The summed E-state index contributed by atoms with van der Waals surface area (Å²) in [5.74, 6) is 0.427. The standard InChI is InChI=1S/C15H21NO2/c1-12-6-8-14(9-7-12)16-10-15(17)18-11-13-4-2-3-5-13/h6-9,13,16H,2-5,10-11H2,1H3. The lowest BCUT2D eigenvalue weighted by molar-refractivity contribution is -0.142. The van der Waals surface area contributed by atoms with E-state index in [1.807, 2.05) is 31.2 Å². The number of carbonyl (C=O) groups is 1. The summed E-state index contributed by atoms with van der Waals surface area (Å²) < 4.78 is 5.27. The molecule has 2 rings (SSSR count). The van der Waals surface area contributed by atoms with Gasteiger partial charge in [0.25, 0.3) is 0 Å². The number of carbonyl (C=O) groups excluding carboxylic acids is 1. The van der Waals surface area contributed by atoms with E-state index in [9.17, 15) is 4.79 Å². The van der Waals surface area contributed by atoms with Gasteiger partial charge in [0.05, 0.1) is 6.61 Å². The van der Waals surface area contributed by atoms with E-state index >= 15 is 0 Å². The van der Waals surface area contributed by atoms with Crippen LogP contribution in [0.1, 0.15) is 31.2 Å². The lowest BCUT2D eigenvalue weighted by Gasteiger charge is -2.11. The Hall–Kier alpha value is -1.51. The number of esters is 1. The normalized spacial score (nSPS) is 15.6. The largest absolute Gasteiger partial charge is 0.464 e. The van der Waals surface area contributed by atoms with Gasteiger partial charge in [-0.05, 0) is 37.8 Å². The zero-order valence-corrected chi connectivity index (χ0v) is 10.9. The van der Waals surface area contributed by atoms with E-state index in [1.165, 1.54) is 31.2 Å². The molecule has 0 heterocycles. The van der Waals surface area contributed by atoms with Gasteiger partial charge in [0.15, 0.2) is 0 Å². The first-order valence-corrected chi connectivity index (χ1v) is 6.70. The molecule has 0 bridgehead atoms. The van der Waals surface area contributed by atoms with Crippen molar-refractivity contribution in [2.45, 2.75) is 32.6 Å². The van der Waals surface area contributed by atoms with Crippen LogP contribution in [-0.2, 0) is 9.53 Å². The fourth-order valence-electron chi connectivity index (χ4n) is 2.28. The predicted octanol–water partition coefficient (Wildman–Crippen LogP) is 3.14. The Morgan fingerprint density at radius 2 is 1.94 bits per heavy atom. The van der Waals surface area contributed by atoms with Gasteiger partial charge < -0.3 is 10.1 Å². The Kier molecular flexibility index (Phi) is 4.62. The second-order valence-corrected chi connectivity index (χ2v) is 5.05. The van der Waals surface area contributed by atoms with Crippen molar-refractivity contribution in [2.75, 3.05) is 18.5 Å². The highest BCUT2D eigenvalue weighted by molar-refractivity contribution is 5.74. The van der Waals surface area contributed by atoms with Crippen LogP contribution in [0.4, 0.5) is 5.69 Å². The summed E-state index contributed by atoms with van der Waals surface area (Å²) in [6.45, 7) is 2.88. The molecule has 0 amide bonds. The van der Waals surface area contributed by atoms with Crippen LogP contribution < -0.4 is 5.32 Å². The average Bonchev–Trinajstić information content (AvgIpc) is 2.89. The van der Waals surface area contributed by atoms with E-state index in [1.54, 1.807) is 0 Å². The van der Waals surface area contributed by atoms with Crippen LogP contribution in [0, 0.1) is 12.8 Å². The molecule has 0 spiro atoms. The third kappa shape index (κ3) is 4.06. The molecule has 1 aromatic carbocycles. The van der Waals surface area contributed by atoms with Crippen LogP contribution in [0.5, 0.6) is 0 Å². The zero-order valence-electron chi connectivity index (χ0n) is 10.9. The highest BCUT2D eigenvalue weighted by Gasteiger charge is 2.16. The van der Waals surface area contributed by atoms with Crippen molar-refractivity contribution in [3.05, 3.63) is 29.8 Å². The Morgan fingerprint density at radius 1 is 1.28 bits per heavy atom. The maximum absolute atomic E-state index is 11.6. The maximum Gasteiger partial charge on any atom is 0.325 e. The fourth-order valence-corrected chi connectivity index (χ4v) is 2.28. The molecule has 1 fully saturated rings. The molecule has 3 heteroatoms. The number of hydrogen-bond acceptors (Lipinski definition) is 3. The molecule has 0 aromatic heterocycles. The molecular weight excluding hydrogens is 226 g/mol. The predicted molar refractivity (Wildman–Crippen MR) is 72.6 cm³/mol. The molecule has 18 heavy (non-hydrogen) atoms. The SMILES string of the molecule is Cc1ccc(NCC(=O)OCC2CCCC2)cc1. The summed E-state index contributed by atoms with van der Waals surface area (Å²) in [6, 6.07) is 7.98. The summed E-state index contributed by atoms with van der Waals surface area (Å²) in [5.41, 5.74) is 2.17. The van der Waals surface area contributed by atoms with Gasteiger partial charge in [-0.3, -0.25) is 4.79 Å². The molecule has 0 atom stereocenters. The van der Waals surface area contributed by atoms with Gasteiger partial charge in [0, 0.05) is 5.69 Å². The van der Waals surface area contributed by atoms with Crippen molar-refractivity contribution in [3.8, 4) is 0 Å². The molecule has 1 aliphatic rings. The zero-order chi connectivity index (χ0) is 12.8. The van der Waals surface area contributed by atoms with E-state index in [4.69, 9.17) is 4.74 Å². The van der Waals surface area contributed by atoms with E-state index < -0.39 is 0 Å². The molecule has 0 unspecified atom stereocenters. The van der Waals surface area contributed by atoms with E-state index in [0.29, 0.717) is 12.5 Å². The van der Waals surface area contributed by atoms with Gasteiger partial charge in [-0.1, -0.05) is 30.5 Å². The number of benzene rings is 1. The smallest absolute Gasteiger partial charge is 0.325 e. The number of hydrogen-bond donors (Lipinski definition) is 1. The minimum Gasteiger partial charge on any atom is -0.464 e. The molecule has 0 saturated heterocycles. The van der Waals surface area contributed by atoms with E-state index in [2.05, 4.69) is 5.32 Å². The van der Waals surface area contributed by atoms with E-state index in [-0.39, 0.29) is 12.5 Å². The molecule has 1 aliphatic carbocycles. The second kappa shape index (κ2) is 6.43. The summed E-state index contributed by atoms with van der Waals surface area (Å²) >= 11 is 0. The Morgan fingerprint density at radius 3 is 2.61 bits per heavy atom. The van der Waals surface area contributed by atoms with Gasteiger partial charge in [0.1, 0.15) is 6.54 Å². The number of rotatable bonds is 5. The molecule has 3 nitrogen and oxygen atoms in total. The molecule has 0 aliphatic heterocycles. The first-order chi connectivity index (χ1) is 8.74. The monoisotopic (exact) mass is 247 g/mol. The Balaban J connectivity index is 1.66. The van der Waals surface area contributed by atoms with Crippen molar-refractivity contribution < 1.29 is 9.53 Å². The number of anilines is 1. The van der Waals surface area contributed by atoms with Gasteiger partial charge in [-0.25, -0.2) is 0 Å². The van der Waals surface area contributed by atoms with Gasteiger partial charge in [-0.15, -0.1) is 0 Å². The Labute approximate surface area is 109 Å². The third-order valence-corrected chi connectivity index (χ3v) is 3.44. The second-order valence-electron chi connectivity index (χ2n) is 5.05. The Bertz CT molecular complexity index is 380. The van der Waals surface area contributed by atoms with Crippen molar-refractivity contribution in [3.63, 3.8) is 0 Å². The van der Waals surface area contributed by atoms with Gasteiger partial charge >= 0.3 is 5.97 Å². The molecule has 98 valence electrons. The topological polar surface area (TPSA) is 38.3 Å². The van der Waals surface area contributed by atoms with Crippen molar-refractivity contribution in [1.82, 2.24) is 0 Å². The average molecular weight is 247 g/mol. The number of aryl methyl sites for hydroxylation is 1. The summed E-state index contributed by atoms with van der Waals surface area (Å²) in [5, 5.41) is 3.07. The summed E-state index contributed by atoms with van der Waals surface area (Å²) in [6.07, 6.45) is 4.98. The maximum atomic E-state index is 11.6. The van der Waals surface area contributed by atoms with Gasteiger partial charge in [0.2, 0.25) is 0 Å². The van der Waals surface area contributed by atoms with Gasteiger partial charge in [-0.2, -0.15) is 0 Å². The molecule has 1 aromatic rings. The van der Waals surface area contributed by atoms with E-state index in [0.717, 1.165) is 5.69 Å². The first-order valence-electron chi connectivity index (χ1n) is 6.70. The van der Waals surface area contributed by atoms with Crippen molar-refractivity contribution >= 4 is 11.7 Å². The highest BCUT2D eigenvalue weighted by Crippen LogP contribution is 2.24. The van der Waals surface area contributed by atoms with Crippen molar-refractivity contribution in [2.24, 2.45) is 5.92 Å². The van der Waals surface area contributed by atoms with Crippen LogP contribution in [-0.4, -0.2) is 19.1 Å². The quantitative estimate of drug-likeness (QED) is 0.812. The molecular formula is C15H21NO2. The number of nitrogens with one attached hydrogen (secondary N) is 1. The lowest BCUT2D eigenvalue weighted by atomic mass is 10.1. The van der Waals surface area contributed by atoms with Crippen LogP contribution in [0.3, 0.4) is 0 Å². The van der Waals surface area contributed by atoms with Crippen LogP contribution in [0.15, 0.2) is 24.3 Å². The fraction of sp³-hybridized carbons (Fsp3) is 0.533. The molecule has 1 saturated carbocycles. The third-order valence-electron chi connectivity index (χ3n) is 3.44. The number of ether oxygens (including phenoxy) is 1. The summed E-state index contributed by atoms with van der Waals surface area (Å²) in [4.78, 5) is 11.6. The van der Waals surface area contributed by atoms with Crippen LogP contribution in [0.25, 0.3) is 0 Å². The van der Waals surface area contributed by atoms with Crippen molar-refractivity contribution in [1.29, 1.82) is 0 Å². The minimum absolute atomic E-state index is 0.164. The van der Waals surface area contributed by atoms with Crippen LogP contribution >= 0.6 is 0 Å².